The van der Waals surface area contributed by atoms with Gasteiger partial charge in [-0.25, -0.2) is 4.68 Å². The molecule has 0 bridgehead atoms. The molecule has 0 aliphatic carbocycles. The van der Waals surface area contributed by atoms with E-state index in [1.165, 1.54) is 16.9 Å². The first-order chi connectivity index (χ1) is 14.4. The van der Waals surface area contributed by atoms with Gasteiger partial charge in [-0.05, 0) is 24.6 Å². The molecule has 0 saturated carbocycles. The maximum atomic E-state index is 12.4. The number of fused-ring (bicyclic) bond motifs is 1. The highest BCUT2D eigenvalue weighted by molar-refractivity contribution is 5.93. The lowest BCUT2D eigenvalue weighted by Gasteiger charge is -2.05. The average molecular weight is 405 g/mol. The van der Waals surface area contributed by atoms with E-state index in [0.717, 1.165) is 6.07 Å². The molecular weight excluding hydrogens is 390 g/mol. The molecule has 2 heterocycles. The van der Waals surface area contributed by atoms with E-state index in [2.05, 4.69) is 15.6 Å². The van der Waals surface area contributed by atoms with Crippen molar-refractivity contribution in [1.82, 2.24) is 20.3 Å². The fourth-order valence-electron chi connectivity index (χ4n) is 3.05. The summed E-state index contributed by atoms with van der Waals surface area (Å²) in [5.74, 6) is -0.713. The van der Waals surface area contributed by atoms with Crippen LogP contribution in [0.5, 0.6) is 0 Å². The molecule has 1 amide bonds. The van der Waals surface area contributed by atoms with Gasteiger partial charge in [-0.2, -0.15) is 0 Å². The van der Waals surface area contributed by atoms with Crippen LogP contribution in [-0.4, -0.2) is 25.8 Å². The molecule has 4 rings (SSSR count). The zero-order valence-corrected chi connectivity index (χ0v) is 15.7. The zero-order chi connectivity index (χ0) is 21.3. The molecule has 0 radical (unpaired) electrons. The lowest BCUT2D eigenvalue weighted by Crippen LogP contribution is -2.24. The Labute approximate surface area is 168 Å². The number of hydrogen-bond acceptors (Lipinski definition) is 7. The van der Waals surface area contributed by atoms with E-state index in [-0.39, 0.29) is 23.4 Å². The lowest BCUT2D eigenvalue weighted by atomic mass is 10.1. The number of benzene rings is 2. The van der Waals surface area contributed by atoms with Crippen LogP contribution in [0.25, 0.3) is 16.7 Å². The quantitative estimate of drug-likeness (QED) is 0.398. The number of aryl methyl sites for hydroxylation is 1. The number of nitro groups is 1. The summed E-state index contributed by atoms with van der Waals surface area (Å²) in [5, 5.41) is 22.2. The number of rotatable bonds is 5. The molecule has 0 fully saturated rings. The minimum Gasteiger partial charge on any atom is -0.451 e. The van der Waals surface area contributed by atoms with Crippen LogP contribution in [0.15, 0.2) is 63.9 Å². The highest BCUT2D eigenvalue weighted by Crippen LogP contribution is 2.25. The van der Waals surface area contributed by atoms with Crippen LogP contribution in [0.1, 0.15) is 21.8 Å². The third-order valence-corrected chi connectivity index (χ3v) is 4.47. The van der Waals surface area contributed by atoms with Crippen molar-refractivity contribution in [3.63, 3.8) is 0 Å². The van der Waals surface area contributed by atoms with Gasteiger partial charge >= 0.3 is 0 Å². The van der Waals surface area contributed by atoms with Gasteiger partial charge in [-0.15, -0.1) is 5.10 Å². The average Bonchev–Trinajstić information content (AvgIpc) is 3.20. The summed E-state index contributed by atoms with van der Waals surface area (Å²) in [6.07, 6.45) is 1.49. The topological polar surface area (TPSA) is 133 Å². The van der Waals surface area contributed by atoms with Gasteiger partial charge in [0.2, 0.25) is 0 Å². The van der Waals surface area contributed by atoms with Gasteiger partial charge < -0.3 is 9.73 Å². The molecule has 0 spiro atoms. The SMILES string of the molecule is Cc1cccc([N+](=O)[O-])c1-n1cc(CNC(=O)c2cc(=O)c3ccccc3o2)nn1. The summed E-state index contributed by atoms with van der Waals surface area (Å²) in [4.78, 5) is 35.3. The molecule has 150 valence electrons. The standard InChI is InChI=1S/C20H15N5O5/c1-12-5-4-7-15(25(28)29)19(12)24-11-13(22-23-24)10-21-20(27)18-9-16(26)14-6-2-3-8-17(14)30-18/h2-9,11H,10H2,1H3,(H,21,27). The van der Waals surface area contributed by atoms with E-state index in [9.17, 15) is 19.7 Å². The van der Waals surface area contributed by atoms with Crippen molar-refractivity contribution in [2.24, 2.45) is 0 Å². The van der Waals surface area contributed by atoms with E-state index < -0.39 is 10.8 Å². The molecule has 0 saturated heterocycles. The monoisotopic (exact) mass is 405 g/mol. The fourth-order valence-corrected chi connectivity index (χ4v) is 3.05. The maximum Gasteiger partial charge on any atom is 0.295 e. The van der Waals surface area contributed by atoms with Gasteiger partial charge in [-0.1, -0.05) is 29.5 Å². The number of para-hydroxylation sites is 2. The fraction of sp³-hybridized carbons (Fsp3) is 0.100. The number of aromatic nitrogens is 3. The summed E-state index contributed by atoms with van der Waals surface area (Å²) in [6.45, 7) is 1.72. The molecule has 10 heteroatoms. The summed E-state index contributed by atoms with van der Waals surface area (Å²) in [6, 6.07) is 12.5. The molecule has 10 nitrogen and oxygen atoms in total. The number of nitrogens with zero attached hydrogens (tertiary/aromatic N) is 4. The molecule has 4 aromatic rings. The van der Waals surface area contributed by atoms with Crippen molar-refractivity contribution < 1.29 is 14.1 Å². The van der Waals surface area contributed by atoms with Gasteiger partial charge in [0, 0.05) is 12.1 Å². The molecule has 2 aromatic carbocycles. The number of amides is 1. The third kappa shape index (κ3) is 3.53. The Balaban J connectivity index is 1.54. The first kappa shape index (κ1) is 19.0. The molecule has 0 atom stereocenters. The number of hydrogen-bond donors (Lipinski definition) is 1. The van der Waals surface area contributed by atoms with Gasteiger partial charge in [0.25, 0.3) is 11.6 Å². The highest BCUT2D eigenvalue weighted by atomic mass is 16.6. The Bertz CT molecular complexity index is 1340. The Kier molecular flexibility index (Phi) is 4.80. The number of nitrogens with one attached hydrogen (secondary N) is 1. The molecule has 30 heavy (non-hydrogen) atoms. The second-order valence-electron chi connectivity index (χ2n) is 6.51. The van der Waals surface area contributed by atoms with E-state index in [4.69, 9.17) is 4.42 Å². The number of carbonyl (C=O) groups excluding carboxylic acids is 1. The third-order valence-electron chi connectivity index (χ3n) is 4.47. The maximum absolute atomic E-state index is 12.4. The van der Waals surface area contributed by atoms with Crippen molar-refractivity contribution in [2.45, 2.75) is 13.5 Å². The minimum atomic E-state index is -0.589. The van der Waals surface area contributed by atoms with Crippen LogP contribution < -0.4 is 10.7 Å². The molecule has 0 aliphatic heterocycles. The number of carbonyl (C=O) groups is 1. The van der Waals surface area contributed by atoms with Crippen molar-refractivity contribution in [1.29, 1.82) is 0 Å². The van der Waals surface area contributed by atoms with Crippen molar-refractivity contribution in [2.75, 3.05) is 0 Å². The van der Waals surface area contributed by atoms with Crippen LogP contribution in [0.2, 0.25) is 0 Å². The van der Waals surface area contributed by atoms with E-state index in [0.29, 0.717) is 27.9 Å². The smallest absolute Gasteiger partial charge is 0.295 e. The van der Waals surface area contributed by atoms with Crippen molar-refractivity contribution >= 4 is 22.6 Å². The second kappa shape index (κ2) is 7.59. The Morgan fingerprint density at radius 1 is 1.23 bits per heavy atom. The highest BCUT2D eigenvalue weighted by Gasteiger charge is 2.19. The van der Waals surface area contributed by atoms with Crippen LogP contribution in [0, 0.1) is 17.0 Å². The van der Waals surface area contributed by atoms with Gasteiger partial charge in [-0.3, -0.25) is 19.7 Å². The van der Waals surface area contributed by atoms with Gasteiger partial charge in [0.05, 0.1) is 23.1 Å². The Morgan fingerprint density at radius 2 is 2.03 bits per heavy atom. The predicted molar refractivity (Wildman–Crippen MR) is 106 cm³/mol. The molecule has 0 aliphatic rings. The Morgan fingerprint density at radius 3 is 2.83 bits per heavy atom. The lowest BCUT2D eigenvalue weighted by molar-refractivity contribution is -0.384. The summed E-state index contributed by atoms with van der Waals surface area (Å²) >= 11 is 0. The summed E-state index contributed by atoms with van der Waals surface area (Å²) in [7, 11) is 0. The first-order valence-electron chi connectivity index (χ1n) is 8.91. The van der Waals surface area contributed by atoms with Crippen LogP contribution in [-0.2, 0) is 6.54 Å². The number of nitro benzene ring substituents is 1. The van der Waals surface area contributed by atoms with E-state index in [1.807, 2.05) is 0 Å². The largest absolute Gasteiger partial charge is 0.451 e. The predicted octanol–water partition coefficient (Wildman–Crippen LogP) is 2.52. The van der Waals surface area contributed by atoms with Crippen LogP contribution in [0.3, 0.4) is 0 Å². The second-order valence-corrected chi connectivity index (χ2v) is 6.51. The van der Waals surface area contributed by atoms with Crippen molar-refractivity contribution in [3.05, 3.63) is 92.1 Å². The summed E-state index contributed by atoms with van der Waals surface area (Å²) < 4.78 is 6.79. The van der Waals surface area contributed by atoms with Gasteiger partial charge in [0.1, 0.15) is 17.0 Å². The van der Waals surface area contributed by atoms with Crippen molar-refractivity contribution in [3.8, 4) is 5.69 Å². The van der Waals surface area contributed by atoms with E-state index >= 15 is 0 Å². The Hall–Kier alpha value is -4.34. The van der Waals surface area contributed by atoms with Crippen LogP contribution in [0.4, 0.5) is 5.69 Å². The first-order valence-corrected chi connectivity index (χ1v) is 8.91. The normalized spacial score (nSPS) is 10.8. The molecule has 1 N–H and O–H groups in total. The van der Waals surface area contributed by atoms with Gasteiger partial charge in [0.15, 0.2) is 11.2 Å². The molecule has 0 unspecified atom stereocenters. The minimum absolute atomic E-state index is 0.00491. The summed E-state index contributed by atoms with van der Waals surface area (Å²) in [5.41, 5.74) is 1.22. The molecular formula is C20H15N5O5. The zero-order valence-electron chi connectivity index (χ0n) is 15.7. The van der Waals surface area contributed by atoms with Crippen LogP contribution >= 0.6 is 0 Å². The van der Waals surface area contributed by atoms with E-state index in [1.54, 1.807) is 43.3 Å². The molecule has 2 aromatic heterocycles.